The number of aryl methyl sites for hydroxylation is 1. The second kappa shape index (κ2) is 5.97. The van der Waals surface area contributed by atoms with Gasteiger partial charge in [0.25, 0.3) is 0 Å². The van der Waals surface area contributed by atoms with Crippen LogP contribution in [-0.2, 0) is 0 Å². The molecule has 19 heavy (non-hydrogen) atoms. The van der Waals surface area contributed by atoms with E-state index >= 15 is 0 Å². The van der Waals surface area contributed by atoms with Crippen molar-refractivity contribution in [2.75, 3.05) is 6.54 Å². The quantitative estimate of drug-likeness (QED) is 0.875. The van der Waals surface area contributed by atoms with Crippen molar-refractivity contribution in [3.05, 3.63) is 23.8 Å². The smallest absolute Gasteiger partial charge is 0.0782 e. The van der Waals surface area contributed by atoms with E-state index in [0.717, 1.165) is 30.7 Å². The SMILES string of the molecule is Cc1nccnc1C(C)NCC1(O)CCCC(C)C1. The summed E-state index contributed by atoms with van der Waals surface area (Å²) in [5, 5.41) is 14.0. The molecule has 0 amide bonds. The molecule has 0 radical (unpaired) electrons. The molecular formula is C15H25N3O. The molecule has 1 fully saturated rings. The van der Waals surface area contributed by atoms with Crippen LogP contribution >= 0.6 is 0 Å². The molecule has 1 saturated carbocycles. The lowest BCUT2D eigenvalue weighted by Gasteiger charge is -2.36. The Kier molecular flexibility index (Phi) is 4.53. The Morgan fingerprint density at radius 1 is 1.47 bits per heavy atom. The molecule has 2 N–H and O–H groups in total. The number of aromatic nitrogens is 2. The molecule has 4 heteroatoms. The van der Waals surface area contributed by atoms with E-state index in [4.69, 9.17) is 0 Å². The fourth-order valence-electron chi connectivity index (χ4n) is 3.08. The van der Waals surface area contributed by atoms with Crippen molar-refractivity contribution >= 4 is 0 Å². The Bertz CT molecular complexity index is 424. The molecule has 1 heterocycles. The lowest BCUT2D eigenvalue weighted by molar-refractivity contribution is -0.0135. The first-order valence-electron chi connectivity index (χ1n) is 7.23. The minimum absolute atomic E-state index is 0.120. The van der Waals surface area contributed by atoms with Gasteiger partial charge in [0.2, 0.25) is 0 Å². The molecule has 3 atom stereocenters. The molecule has 0 spiro atoms. The van der Waals surface area contributed by atoms with Crippen LogP contribution in [0.15, 0.2) is 12.4 Å². The highest BCUT2D eigenvalue weighted by molar-refractivity contribution is 5.12. The third-order valence-corrected chi connectivity index (χ3v) is 4.13. The first-order valence-corrected chi connectivity index (χ1v) is 7.23. The molecule has 0 aromatic carbocycles. The highest BCUT2D eigenvalue weighted by Crippen LogP contribution is 2.32. The van der Waals surface area contributed by atoms with E-state index in [-0.39, 0.29) is 6.04 Å². The Morgan fingerprint density at radius 3 is 2.89 bits per heavy atom. The second-order valence-electron chi connectivity index (χ2n) is 6.06. The van der Waals surface area contributed by atoms with Gasteiger partial charge in [0, 0.05) is 25.0 Å². The zero-order valence-electron chi connectivity index (χ0n) is 12.2. The zero-order chi connectivity index (χ0) is 13.9. The summed E-state index contributed by atoms with van der Waals surface area (Å²) in [6.45, 7) is 6.90. The van der Waals surface area contributed by atoms with Crippen LogP contribution in [-0.4, -0.2) is 27.2 Å². The molecular weight excluding hydrogens is 238 g/mol. The van der Waals surface area contributed by atoms with Gasteiger partial charge in [-0.05, 0) is 32.6 Å². The standard InChI is InChI=1S/C15H25N3O/c1-11-5-4-6-15(19,9-11)10-18-13(3)14-12(2)16-7-8-17-14/h7-8,11,13,18-19H,4-6,9-10H2,1-3H3. The summed E-state index contributed by atoms with van der Waals surface area (Å²) >= 11 is 0. The van der Waals surface area contributed by atoms with E-state index in [1.165, 1.54) is 6.42 Å². The van der Waals surface area contributed by atoms with Crippen LogP contribution in [0.5, 0.6) is 0 Å². The lowest BCUT2D eigenvalue weighted by atomic mass is 9.79. The Balaban J connectivity index is 1.93. The first kappa shape index (κ1) is 14.4. The van der Waals surface area contributed by atoms with Gasteiger partial charge in [-0.1, -0.05) is 19.8 Å². The predicted octanol–water partition coefficient (Wildman–Crippen LogP) is 2.38. The van der Waals surface area contributed by atoms with Gasteiger partial charge in [0.15, 0.2) is 0 Å². The molecule has 1 aliphatic rings. The van der Waals surface area contributed by atoms with Crippen LogP contribution in [0.4, 0.5) is 0 Å². The first-order chi connectivity index (χ1) is 9.00. The summed E-state index contributed by atoms with van der Waals surface area (Å²) in [6, 6.07) is 0.120. The number of nitrogens with one attached hydrogen (secondary N) is 1. The van der Waals surface area contributed by atoms with Gasteiger partial charge in [0.05, 0.1) is 17.0 Å². The summed E-state index contributed by atoms with van der Waals surface area (Å²) in [6.07, 6.45) is 7.58. The third-order valence-electron chi connectivity index (χ3n) is 4.13. The van der Waals surface area contributed by atoms with Gasteiger partial charge < -0.3 is 10.4 Å². The fourth-order valence-corrected chi connectivity index (χ4v) is 3.08. The number of hydrogen-bond donors (Lipinski definition) is 2. The number of hydrogen-bond acceptors (Lipinski definition) is 4. The minimum Gasteiger partial charge on any atom is -0.389 e. The van der Waals surface area contributed by atoms with E-state index in [0.29, 0.717) is 12.5 Å². The molecule has 0 aliphatic heterocycles. The van der Waals surface area contributed by atoms with Crippen LogP contribution in [0.2, 0.25) is 0 Å². The van der Waals surface area contributed by atoms with Gasteiger partial charge in [-0.2, -0.15) is 0 Å². The van der Waals surface area contributed by atoms with E-state index in [1.807, 2.05) is 6.92 Å². The largest absolute Gasteiger partial charge is 0.389 e. The predicted molar refractivity (Wildman–Crippen MR) is 75.8 cm³/mol. The van der Waals surface area contributed by atoms with Crippen LogP contribution in [0.25, 0.3) is 0 Å². The zero-order valence-corrected chi connectivity index (χ0v) is 12.2. The van der Waals surface area contributed by atoms with E-state index in [1.54, 1.807) is 12.4 Å². The van der Waals surface area contributed by atoms with Crippen LogP contribution in [0.1, 0.15) is 57.0 Å². The molecule has 4 nitrogen and oxygen atoms in total. The van der Waals surface area contributed by atoms with Crippen molar-refractivity contribution in [2.45, 2.75) is 58.1 Å². The van der Waals surface area contributed by atoms with Crippen molar-refractivity contribution in [1.82, 2.24) is 15.3 Å². The number of nitrogens with zero attached hydrogens (tertiary/aromatic N) is 2. The maximum absolute atomic E-state index is 10.6. The molecule has 3 unspecified atom stereocenters. The normalized spacial score (nSPS) is 29.2. The van der Waals surface area contributed by atoms with Crippen LogP contribution < -0.4 is 5.32 Å². The maximum Gasteiger partial charge on any atom is 0.0782 e. The highest BCUT2D eigenvalue weighted by atomic mass is 16.3. The van der Waals surface area contributed by atoms with E-state index in [9.17, 15) is 5.11 Å². The third kappa shape index (κ3) is 3.74. The highest BCUT2D eigenvalue weighted by Gasteiger charge is 2.32. The Morgan fingerprint density at radius 2 is 2.21 bits per heavy atom. The molecule has 2 rings (SSSR count). The number of aliphatic hydroxyl groups is 1. The maximum atomic E-state index is 10.6. The monoisotopic (exact) mass is 263 g/mol. The summed E-state index contributed by atoms with van der Waals surface area (Å²) in [5.41, 5.74) is 1.36. The van der Waals surface area contributed by atoms with Gasteiger partial charge >= 0.3 is 0 Å². The van der Waals surface area contributed by atoms with Crippen molar-refractivity contribution in [3.63, 3.8) is 0 Å². The average Bonchev–Trinajstić information content (AvgIpc) is 2.36. The van der Waals surface area contributed by atoms with Crippen molar-refractivity contribution < 1.29 is 5.11 Å². The second-order valence-corrected chi connectivity index (χ2v) is 6.06. The summed E-state index contributed by atoms with van der Waals surface area (Å²) in [4.78, 5) is 8.63. The minimum atomic E-state index is -0.554. The Hall–Kier alpha value is -1.00. The average molecular weight is 263 g/mol. The summed E-state index contributed by atoms with van der Waals surface area (Å²) in [7, 11) is 0. The molecule has 0 saturated heterocycles. The molecule has 1 aromatic rings. The summed E-state index contributed by atoms with van der Waals surface area (Å²) < 4.78 is 0. The van der Waals surface area contributed by atoms with Gasteiger partial charge in [-0.25, -0.2) is 0 Å². The van der Waals surface area contributed by atoms with Crippen molar-refractivity contribution in [1.29, 1.82) is 0 Å². The topological polar surface area (TPSA) is 58.0 Å². The lowest BCUT2D eigenvalue weighted by Crippen LogP contribution is -2.44. The van der Waals surface area contributed by atoms with Gasteiger partial charge in [-0.3, -0.25) is 9.97 Å². The molecule has 0 bridgehead atoms. The van der Waals surface area contributed by atoms with E-state index in [2.05, 4.69) is 29.1 Å². The summed E-state index contributed by atoms with van der Waals surface area (Å²) in [5.74, 6) is 0.620. The number of rotatable bonds is 4. The van der Waals surface area contributed by atoms with Gasteiger partial charge in [-0.15, -0.1) is 0 Å². The van der Waals surface area contributed by atoms with Crippen molar-refractivity contribution in [3.8, 4) is 0 Å². The Labute approximate surface area is 115 Å². The van der Waals surface area contributed by atoms with E-state index < -0.39 is 5.60 Å². The van der Waals surface area contributed by atoms with Crippen LogP contribution in [0, 0.1) is 12.8 Å². The molecule has 1 aromatic heterocycles. The van der Waals surface area contributed by atoms with Crippen molar-refractivity contribution in [2.24, 2.45) is 5.92 Å². The van der Waals surface area contributed by atoms with Gasteiger partial charge in [0.1, 0.15) is 0 Å². The molecule has 1 aliphatic carbocycles. The molecule has 106 valence electrons. The van der Waals surface area contributed by atoms with Crippen LogP contribution in [0.3, 0.4) is 0 Å². The fraction of sp³-hybridized carbons (Fsp3) is 0.733.